The lowest BCUT2D eigenvalue weighted by Gasteiger charge is -2.14. The molecular formula is C29H32N4O4S. The summed E-state index contributed by atoms with van der Waals surface area (Å²) in [6.45, 7) is 10.9. The van der Waals surface area contributed by atoms with E-state index in [1.165, 1.54) is 17.4 Å². The van der Waals surface area contributed by atoms with Crippen LogP contribution >= 0.6 is 11.3 Å². The molecular weight excluding hydrogens is 500 g/mol. The number of anilines is 1. The van der Waals surface area contributed by atoms with Gasteiger partial charge in [-0.3, -0.25) is 10.1 Å². The Morgan fingerprint density at radius 2 is 1.87 bits per heavy atom. The Kier molecular flexibility index (Phi) is 10.9. The number of nitrogens with one attached hydrogen (secondary N) is 1. The smallest absolute Gasteiger partial charge is 0.268 e. The summed E-state index contributed by atoms with van der Waals surface area (Å²) in [7, 11) is 0. The van der Waals surface area contributed by atoms with Gasteiger partial charge >= 0.3 is 0 Å². The van der Waals surface area contributed by atoms with Crippen molar-refractivity contribution in [2.45, 2.75) is 33.6 Å². The van der Waals surface area contributed by atoms with E-state index in [9.17, 15) is 10.1 Å². The second kappa shape index (κ2) is 14.5. The minimum atomic E-state index is -0.549. The second-order valence-electron chi connectivity index (χ2n) is 8.66. The number of nitriles is 1. The fourth-order valence-corrected chi connectivity index (χ4v) is 4.44. The van der Waals surface area contributed by atoms with Crippen molar-refractivity contribution in [1.29, 1.82) is 5.26 Å². The van der Waals surface area contributed by atoms with Crippen molar-refractivity contribution in [2.24, 2.45) is 5.92 Å². The van der Waals surface area contributed by atoms with Crippen LogP contribution in [0.5, 0.6) is 17.2 Å². The maximum atomic E-state index is 12.7. The first-order valence-electron chi connectivity index (χ1n) is 12.4. The van der Waals surface area contributed by atoms with Gasteiger partial charge in [0.2, 0.25) is 5.13 Å². The van der Waals surface area contributed by atoms with Gasteiger partial charge in [0.1, 0.15) is 35.6 Å². The van der Waals surface area contributed by atoms with E-state index in [-0.39, 0.29) is 5.57 Å². The quantitative estimate of drug-likeness (QED) is 0.120. The number of ether oxygens (including phenoxy) is 3. The summed E-state index contributed by atoms with van der Waals surface area (Å²) in [5.74, 6) is 1.73. The Labute approximate surface area is 227 Å². The second-order valence-corrected chi connectivity index (χ2v) is 9.72. The molecule has 0 saturated heterocycles. The number of carbonyl (C=O) groups excluding carboxylic acids is 1. The molecule has 0 radical (unpaired) electrons. The topological polar surface area (TPSA) is 106 Å². The van der Waals surface area contributed by atoms with Crippen molar-refractivity contribution in [3.8, 4) is 23.3 Å². The molecule has 0 bridgehead atoms. The Hall–Kier alpha value is -4.16. The predicted molar refractivity (Wildman–Crippen MR) is 150 cm³/mol. The van der Waals surface area contributed by atoms with Gasteiger partial charge in [0.25, 0.3) is 5.91 Å². The minimum Gasteiger partial charge on any atom is -0.490 e. The Morgan fingerprint density at radius 1 is 1.11 bits per heavy atom. The molecule has 0 unspecified atom stereocenters. The average molecular weight is 533 g/mol. The van der Waals surface area contributed by atoms with Crippen LogP contribution in [-0.2, 0) is 17.6 Å². The van der Waals surface area contributed by atoms with Crippen LogP contribution < -0.4 is 19.5 Å². The average Bonchev–Trinajstić information content (AvgIpc) is 3.33. The Balaban J connectivity index is 1.64. The molecule has 8 nitrogen and oxygen atoms in total. The fraction of sp³-hybridized carbons (Fsp3) is 0.310. The number of benzene rings is 2. The number of hydrogen-bond donors (Lipinski definition) is 1. The molecule has 0 saturated carbocycles. The van der Waals surface area contributed by atoms with E-state index in [0.29, 0.717) is 47.9 Å². The lowest BCUT2D eigenvalue weighted by Crippen LogP contribution is -2.13. The summed E-state index contributed by atoms with van der Waals surface area (Å²) in [6, 6.07) is 15.0. The first-order valence-corrected chi connectivity index (χ1v) is 13.2. The Morgan fingerprint density at radius 3 is 2.58 bits per heavy atom. The van der Waals surface area contributed by atoms with Crippen LogP contribution in [0.3, 0.4) is 0 Å². The third-order valence-corrected chi connectivity index (χ3v) is 6.01. The van der Waals surface area contributed by atoms with Gasteiger partial charge < -0.3 is 14.2 Å². The summed E-state index contributed by atoms with van der Waals surface area (Å²) in [6.07, 6.45) is 4.84. The van der Waals surface area contributed by atoms with Crippen molar-refractivity contribution in [3.63, 3.8) is 0 Å². The van der Waals surface area contributed by atoms with Gasteiger partial charge in [-0.1, -0.05) is 55.5 Å². The van der Waals surface area contributed by atoms with Crippen molar-refractivity contribution in [1.82, 2.24) is 10.2 Å². The lowest BCUT2D eigenvalue weighted by molar-refractivity contribution is -0.112. The lowest BCUT2D eigenvalue weighted by atomic mass is 10.1. The first-order chi connectivity index (χ1) is 18.4. The molecule has 38 heavy (non-hydrogen) atoms. The van der Waals surface area contributed by atoms with E-state index < -0.39 is 5.91 Å². The van der Waals surface area contributed by atoms with Crippen molar-refractivity contribution < 1.29 is 19.0 Å². The summed E-state index contributed by atoms with van der Waals surface area (Å²) in [5, 5.41) is 21.5. The van der Waals surface area contributed by atoms with E-state index >= 15 is 0 Å². The minimum absolute atomic E-state index is 0.0617. The molecule has 1 heterocycles. The summed E-state index contributed by atoms with van der Waals surface area (Å²) in [5.41, 5.74) is 1.63. The molecule has 0 spiro atoms. The van der Waals surface area contributed by atoms with Gasteiger partial charge in [0, 0.05) is 6.42 Å². The van der Waals surface area contributed by atoms with Crippen LogP contribution in [0.4, 0.5) is 5.13 Å². The monoisotopic (exact) mass is 532 g/mol. The highest BCUT2D eigenvalue weighted by Gasteiger charge is 2.14. The molecule has 0 aliphatic rings. The fourth-order valence-electron chi connectivity index (χ4n) is 3.49. The zero-order valence-electron chi connectivity index (χ0n) is 21.9. The number of hydrogen-bond acceptors (Lipinski definition) is 8. The number of allylic oxidation sites excluding steroid dienone is 1. The number of aromatic nitrogens is 2. The van der Waals surface area contributed by atoms with E-state index in [1.54, 1.807) is 18.2 Å². The zero-order chi connectivity index (χ0) is 27.3. The summed E-state index contributed by atoms with van der Waals surface area (Å²) >= 11 is 1.30. The van der Waals surface area contributed by atoms with Crippen LogP contribution in [0.2, 0.25) is 0 Å². The predicted octanol–water partition coefficient (Wildman–Crippen LogP) is 5.87. The van der Waals surface area contributed by atoms with E-state index in [0.717, 1.165) is 29.2 Å². The number of carbonyl (C=O) groups is 1. The first kappa shape index (κ1) is 28.4. The molecule has 0 aliphatic heterocycles. The molecule has 0 fully saturated rings. The van der Waals surface area contributed by atoms with Crippen LogP contribution in [0.25, 0.3) is 6.08 Å². The molecule has 1 amide bonds. The standard InChI is InChI=1S/C29H32N4O4S/c1-5-9-22-10-7-8-11-24(22)36-14-15-37-25-13-12-21(18-26(25)35-6-2)17-23(19-30)28(34)31-29-33-32-27(38-29)16-20(3)4/h5,7-8,10-13,17-18,20H,1,6,9,14-16H2,2-4H3,(H,31,33,34)/b23-17-. The highest BCUT2D eigenvalue weighted by Crippen LogP contribution is 2.30. The maximum Gasteiger partial charge on any atom is 0.268 e. The zero-order valence-corrected chi connectivity index (χ0v) is 22.7. The molecule has 0 atom stereocenters. The largest absolute Gasteiger partial charge is 0.490 e. The number of para-hydroxylation sites is 1. The SMILES string of the molecule is C=CCc1ccccc1OCCOc1ccc(/C=C(/C#N)C(=O)Nc2nnc(CC(C)C)s2)cc1OCC. The molecule has 198 valence electrons. The number of rotatable bonds is 14. The van der Waals surface area contributed by atoms with Gasteiger partial charge in [-0.15, -0.1) is 16.8 Å². The number of amides is 1. The molecule has 3 rings (SSSR count). The van der Waals surface area contributed by atoms with Gasteiger partial charge in [0.05, 0.1) is 6.61 Å². The van der Waals surface area contributed by atoms with Crippen molar-refractivity contribution in [2.75, 3.05) is 25.1 Å². The highest BCUT2D eigenvalue weighted by molar-refractivity contribution is 7.15. The van der Waals surface area contributed by atoms with E-state index in [2.05, 4.69) is 35.9 Å². The van der Waals surface area contributed by atoms with E-state index in [4.69, 9.17) is 14.2 Å². The molecule has 1 N–H and O–H groups in total. The molecule has 1 aromatic heterocycles. The van der Waals surface area contributed by atoms with Crippen LogP contribution in [0, 0.1) is 17.2 Å². The third kappa shape index (κ3) is 8.46. The highest BCUT2D eigenvalue weighted by atomic mass is 32.1. The van der Waals surface area contributed by atoms with E-state index in [1.807, 2.05) is 43.3 Å². The number of nitrogens with zero attached hydrogens (tertiary/aromatic N) is 3. The third-order valence-electron chi connectivity index (χ3n) is 5.15. The maximum absolute atomic E-state index is 12.7. The molecule has 0 aliphatic carbocycles. The van der Waals surface area contributed by atoms with Crippen LogP contribution in [-0.4, -0.2) is 35.9 Å². The molecule has 9 heteroatoms. The normalized spacial score (nSPS) is 11.1. The molecule has 2 aromatic carbocycles. The summed E-state index contributed by atoms with van der Waals surface area (Å²) in [4.78, 5) is 12.7. The van der Waals surface area contributed by atoms with Crippen molar-refractivity contribution >= 4 is 28.5 Å². The van der Waals surface area contributed by atoms with Crippen molar-refractivity contribution in [3.05, 3.63) is 76.8 Å². The van der Waals surface area contributed by atoms with Crippen LogP contribution in [0.1, 0.15) is 36.9 Å². The Bertz CT molecular complexity index is 1310. The molecule has 3 aromatic rings. The van der Waals surface area contributed by atoms with Gasteiger partial charge in [-0.05, 0) is 54.7 Å². The van der Waals surface area contributed by atoms with Crippen LogP contribution in [0.15, 0.2) is 60.7 Å². The van der Waals surface area contributed by atoms with Gasteiger partial charge in [0.15, 0.2) is 11.5 Å². The van der Waals surface area contributed by atoms with Gasteiger partial charge in [-0.2, -0.15) is 5.26 Å². The van der Waals surface area contributed by atoms with Gasteiger partial charge in [-0.25, -0.2) is 0 Å². The summed E-state index contributed by atoms with van der Waals surface area (Å²) < 4.78 is 17.5.